The van der Waals surface area contributed by atoms with E-state index in [1.807, 2.05) is 36.4 Å². The van der Waals surface area contributed by atoms with Crippen LogP contribution < -0.4 is 4.90 Å². The number of likely N-dealkylation sites (N-methyl/N-ethyl adjacent to an activating group) is 1. The molecule has 0 saturated carbocycles. The minimum absolute atomic E-state index is 0.135. The number of anilines is 1. The quantitative estimate of drug-likeness (QED) is 0.863. The maximum absolute atomic E-state index is 12.5. The number of carboxylic acids is 1. The Morgan fingerprint density at radius 3 is 2.59 bits per heavy atom. The van der Waals surface area contributed by atoms with E-state index < -0.39 is 5.97 Å². The van der Waals surface area contributed by atoms with Crippen LogP contribution in [-0.4, -0.2) is 24.0 Å². The molecular weight excluding hydrogens is 298 g/mol. The van der Waals surface area contributed by atoms with Crippen molar-refractivity contribution in [1.29, 1.82) is 0 Å². The van der Waals surface area contributed by atoms with Gasteiger partial charge in [-0.2, -0.15) is 0 Å². The van der Waals surface area contributed by atoms with E-state index in [1.54, 1.807) is 19.2 Å². The van der Waals surface area contributed by atoms with Gasteiger partial charge in [0.15, 0.2) is 0 Å². The third-order valence-electron chi connectivity index (χ3n) is 3.40. The lowest BCUT2D eigenvalue weighted by atomic mass is 10.1. The minimum atomic E-state index is -1.00. The number of aromatic carboxylic acids is 1. The second-order valence-electron chi connectivity index (χ2n) is 4.87. The highest BCUT2D eigenvalue weighted by molar-refractivity contribution is 8.04. The number of hydrogen-bond donors (Lipinski definition) is 1. The van der Waals surface area contributed by atoms with E-state index in [9.17, 15) is 9.59 Å². The molecule has 22 heavy (non-hydrogen) atoms. The molecule has 0 saturated heterocycles. The van der Waals surface area contributed by atoms with Gasteiger partial charge in [-0.05, 0) is 29.8 Å². The number of fused-ring (bicyclic) bond motifs is 1. The molecule has 0 bridgehead atoms. The van der Waals surface area contributed by atoms with Gasteiger partial charge in [-0.25, -0.2) is 4.79 Å². The van der Waals surface area contributed by atoms with Crippen molar-refractivity contribution in [3.8, 4) is 0 Å². The Morgan fingerprint density at radius 1 is 1.18 bits per heavy atom. The van der Waals surface area contributed by atoms with Gasteiger partial charge in [-0.3, -0.25) is 4.79 Å². The summed E-state index contributed by atoms with van der Waals surface area (Å²) in [4.78, 5) is 26.5. The molecule has 110 valence electrons. The van der Waals surface area contributed by atoms with Gasteiger partial charge < -0.3 is 10.0 Å². The van der Waals surface area contributed by atoms with Gasteiger partial charge in [-0.1, -0.05) is 42.1 Å². The van der Waals surface area contributed by atoms with Gasteiger partial charge in [0.1, 0.15) is 0 Å². The number of rotatable bonds is 2. The molecule has 4 nitrogen and oxygen atoms in total. The second kappa shape index (κ2) is 5.69. The third kappa shape index (κ3) is 2.63. The molecule has 0 atom stereocenters. The Kier molecular flexibility index (Phi) is 3.73. The first-order valence-corrected chi connectivity index (χ1v) is 7.48. The predicted molar refractivity (Wildman–Crippen MR) is 87.1 cm³/mol. The predicted octanol–water partition coefficient (Wildman–Crippen LogP) is 3.49. The molecule has 1 heterocycles. The van der Waals surface area contributed by atoms with E-state index in [4.69, 9.17) is 5.11 Å². The lowest BCUT2D eigenvalue weighted by Crippen LogP contribution is -2.30. The number of benzene rings is 2. The summed E-state index contributed by atoms with van der Waals surface area (Å²) in [6, 6.07) is 14.5. The molecule has 0 aromatic heterocycles. The van der Waals surface area contributed by atoms with Crippen LogP contribution in [0.3, 0.4) is 0 Å². The normalized spacial score (nSPS) is 15.8. The molecule has 1 aliphatic heterocycles. The van der Waals surface area contributed by atoms with E-state index in [0.717, 1.165) is 10.5 Å². The number of thioether (sulfide) groups is 1. The second-order valence-corrected chi connectivity index (χ2v) is 5.96. The molecule has 0 radical (unpaired) electrons. The molecular formula is C17H13NO3S. The van der Waals surface area contributed by atoms with E-state index in [-0.39, 0.29) is 11.5 Å². The van der Waals surface area contributed by atoms with Crippen LogP contribution in [0.4, 0.5) is 5.69 Å². The summed E-state index contributed by atoms with van der Waals surface area (Å²) in [7, 11) is 1.66. The first-order valence-electron chi connectivity index (χ1n) is 6.66. The summed E-state index contributed by atoms with van der Waals surface area (Å²) in [5, 5.41) is 9.06. The molecule has 5 heteroatoms. The Labute approximate surface area is 132 Å². The van der Waals surface area contributed by atoms with Crippen LogP contribution in [0.5, 0.6) is 0 Å². The van der Waals surface area contributed by atoms with Crippen LogP contribution in [0.2, 0.25) is 0 Å². The molecule has 3 rings (SSSR count). The van der Waals surface area contributed by atoms with Crippen molar-refractivity contribution in [3.05, 3.63) is 64.6 Å². The van der Waals surface area contributed by atoms with Crippen LogP contribution in [-0.2, 0) is 4.79 Å². The largest absolute Gasteiger partial charge is 0.478 e. The Morgan fingerprint density at radius 2 is 1.91 bits per heavy atom. The van der Waals surface area contributed by atoms with Crippen molar-refractivity contribution in [2.45, 2.75) is 4.90 Å². The van der Waals surface area contributed by atoms with Crippen LogP contribution in [0, 0.1) is 0 Å². The zero-order valence-corrected chi connectivity index (χ0v) is 12.6. The van der Waals surface area contributed by atoms with Crippen molar-refractivity contribution in [2.75, 3.05) is 11.9 Å². The fraction of sp³-hybridized carbons (Fsp3) is 0.0588. The highest BCUT2D eigenvalue weighted by atomic mass is 32.2. The molecule has 2 aromatic carbocycles. The molecule has 0 fully saturated rings. The third-order valence-corrected chi connectivity index (χ3v) is 4.48. The van der Waals surface area contributed by atoms with Gasteiger partial charge in [-0.15, -0.1) is 0 Å². The van der Waals surface area contributed by atoms with E-state index >= 15 is 0 Å². The smallest absolute Gasteiger partial charge is 0.335 e. The summed E-state index contributed by atoms with van der Waals surface area (Å²) < 4.78 is 0. The number of carbonyl (C=O) groups is 2. The lowest BCUT2D eigenvalue weighted by molar-refractivity contribution is -0.114. The maximum atomic E-state index is 12.5. The van der Waals surface area contributed by atoms with E-state index in [0.29, 0.717) is 10.6 Å². The average molecular weight is 311 g/mol. The zero-order valence-electron chi connectivity index (χ0n) is 11.8. The van der Waals surface area contributed by atoms with E-state index in [2.05, 4.69) is 0 Å². The van der Waals surface area contributed by atoms with Crippen LogP contribution in [0.25, 0.3) is 6.08 Å². The number of carboxylic acid groups (broad SMARTS) is 1. The molecule has 1 amide bonds. The summed E-state index contributed by atoms with van der Waals surface area (Å²) in [5.41, 5.74) is 1.76. The summed E-state index contributed by atoms with van der Waals surface area (Å²) in [6.45, 7) is 0. The monoisotopic (exact) mass is 311 g/mol. The Bertz CT molecular complexity index is 784. The van der Waals surface area contributed by atoms with Gasteiger partial charge >= 0.3 is 5.97 Å². The fourth-order valence-corrected chi connectivity index (χ4v) is 3.32. The SMILES string of the molecule is CN1C(=O)/C(=C\c2ccccc2)Sc2ccc(C(=O)O)cc21. The lowest BCUT2D eigenvalue weighted by Gasteiger charge is -2.27. The Balaban J connectivity index is 2.02. The maximum Gasteiger partial charge on any atom is 0.335 e. The Hall–Kier alpha value is -2.53. The molecule has 1 N–H and O–H groups in total. The molecule has 2 aromatic rings. The first kappa shape index (κ1) is 14.4. The molecule has 1 aliphatic rings. The van der Waals surface area contributed by atoms with Crippen molar-refractivity contribution in [3.63, 3.8) is 0 Å². The zero-order chi connectivity index (χ0) is 15.7. The highest BCUT2D eigenvalue weighted by Crippen LogP contribution is 2.41. The molecule has 0 unspecified atom stereocenters. The van der Waals surface area contributed by atoms with Crippen molar-refractivity contribution in [1.82, 2.24) is 0 Å². The topological polar surface area (TPSA) is 57.6 Å². The molecule has 0 spiro atoms. The minimum Gasteiger partial charge on any atom is -0.478 e. The van der Waals surface area contributed by atoms with Crippen molar-refractivity contribution < 1.29 is 14.7 Å². The van der Waals surface area contributed by atoms with Crippen LogP contribution >= 0.6 is 11.8 Å². The van der Waals surface area contributed by atoms with Gasteiger partial charge in [0.05, 0.1) is 16.2 Å². The summed E-state index contributed by atoms with van der Waals surface area (Å²) in [5.74, 6) is -1.14. The molecule has 0 aliphatic carbocycles. The van der Waals surface area contributed by atoms with Crippen molar-refractivity contribution in [2.24, 2.45) is 0 Å². The van der Waals surface area contributed by atoms with Gasteiger partial charge in [0.25, 0.3) is 5.91 Å². The summed E-state index contributed by atoms with van der Waals surface area (Å²) in [6.07, 6.45) is 1.84. The van der Waals surface area contributed by atoms with Crippen molar-refractivity contribution >= 4 is 35.4 Å². The number of nitrogens with zero attached hydrogens (tertiary/aromatic N) is 1. The summed E-state index contributed by atoms with van der Waals surface area (Å²) >= 11 is 1.36. The van der Waals surface area contributed by atoms with Crippen LogP contribution in [0.1, 0.15) is 15.9 Å². The number of hydrogen-bond acceptors (Lipinski definition) is 3. The first-order chi connectivity index (χ1) is 10.6. The fourth-order valence-electron chi connectivity index (χ4n) is 2.23. The number of carbonyl (C=O) groups excluding carboxylic acids is 1. The van der Waals surface area contributed by atoms with Gasteiger partial charge in [0.2, 0.25) is 0 Å². The number of amides is 1. The van der Waals surface area contributed by atoms with E-state index in [1.165, 1.54) is 22.7 Å². The average Bonchev–Trinajstić information content (AvgIpc) is 2.53. The van der Waals surface area contributed by atoms with Gasteiger partial charge in [0, 0.05) is 11.9 Å². The standard InChI is InChI=1S/C17H13NO3S/c1-18-13-10-12(17(20)21)7-8-14(13)22-15(16(18)19)9-11-5-3-2-4-6-11/h2-10H,1H3,(H,20,21)/b15-9+. The van der Waals surface area contributed by atoms with Crippen LogP contribution in [0.15, 0.2) is 58.3 Å². The highest BCUT2D eigenvalue weighted by Gasteiger charge is 2.27.